The summed E-state index contributed by atoms with van der Waals surface area (Å²) in [6, 6.07) is 9.74. The number of rotatable bonds is 6. The van der Waals surface area contributed by atoms with Crippen LogP contribution in [-0.4, -0.2) is 42.8 Å². The summed E-state index contributed by atoms with van der Waals surface area (Å²) in [5.41, 5.74) is 0. The predicted molar refractivity (Wildman–Crippen MR) is 80.8 cm³/mol. The zero-order chi connectivity index (χ0) is 13.3. The van der Waals surface area contributed by atoms with E-state index in [0.29, 0.717) is 5.05 Å². The molecule has 1 aliphatic rings. The van der Waals surface area contributed by atoms with Crippen LogP contribution in [0, 0.1) is 0 Å². The molecule has 2 rings (SSSR count). The van der Waals surface area contributed by atoms with E-state index in [1.54, 1.807) is 0 Å². The lowest BCUT2D eigenvalue weighted by Gasteiger charge is -2.26. The quantitative estimate of drug-likeness (QED) is 0.589. The first-order valence-electron chi connectivity index (χ1n) is 6.90. The van der Waals surface area contributed by atoms with Gasteiger partial charge in [-0.1, -0.05) is 18.2 Å². The van der Waals surface area contributed by atoms with Crippen LogP contribution in [0.2, 0.25) is 0 Å². The van der Waals surface area contributed by atoms with Gasteiger partial charge in [-0.3, -0.25) is 4.90 Å². The van der Waals surface area contributed by atoms with Crippen molar-refractivity contribution in [2.75, 3.05) is 32.8 Å². The summed E-state index contributed by atoms with van der Waals surface area (Å²) in [6.07, 6.45) is 3.11. The van der Waals surface area contributed by atoms with Crippen LogP contribution in [0.1, 0.15) is 19.3 Å². The zero-order valence-corrected chi connectivity index (χ0v) is 12.0. The molecular formula is C15H21NO2S. The van der Waals surface area contributed by atoms with Gasteiger partial charge in [0.15, 0.2) is 5.05 Å². The molecule has 1 fully saturated rings. The molecule has 4 heteroatoms. The number of nitrogens with zero attached hydrogens (tertiary/aromatic N) is 1. The standard InChI is InChI=1S/C15H21NO2S/c19-15(18-14-6-2-1-3-7-14)8-4-5-9-16-10-12-17-13-11-16/h1-3,6-7H,4-5,8-13H2. The Hall–Kier alpha value is -0.970. The Balaban J connectivity index is 1.56. The van der Waals surface area contributed by atoms with Crippen LogP contribution in [0.3, 0.4) is 0 Å². The highest BCUT2D eigenvalue weighted by Gasteiger charge is 2.09. The van der Waals surface area contributed by atoms with E-state index in [1.165, 1.54) is 0 Å². The van der Waals surface area contributed by atoms with Crippen molar-refractivity contribution in [1.82, 2.24) is 4.90 Å². The average molecular weight is 279 g/mol. The van der Waals surface area contributed by atoms with Gasteiger partial charge in [-0.2, -0.15) is 0 Å². The number of morpholine rings is 1. The van der Waals surface area contributed by atoms with Crippen LogP contribution < -0.4 is 4.74 Å². The molecule has 1 saturated heterocycles. The molecule has 0 saturated carbocycles. The van der Waals surface area contributed by atoms with E-state index in [2.05, 4.69) is 4.90 Å². The molecule has 104 valence electrons. The molecule has 0 amide bonds. The summed E-state index contributed by atoms with van der Waals surface area (Å²) >= 11 is 5.25. The number of unbranched alkanes of at least 4 members (excludes halogenated alkanes) is 1. The van der Waals surface area contributed by atoms with E-state index in [0.717, 1.165) is 57.9 Å². The molecule has 1 aromatic rings. The fourth-order valence-corrected chi connectivity index (χ4v) is 2.34. The minimum absolute atomic E-state index is 0.688. The maximum Gasteiger partial charge on any atom is 0.167 e. The molecule has 0 spiro atoms. The second-order valence-electron chi connectivity index (χ2n) is 4.70. The highest BCUT2D eigenvalue weighted by Crippen LogP contribution is 2.11. The molecule has 0 bridgehead atoms. The van der Waals surface area contributed by atoms with Gasteiger partial charge in [0.1, 0.15) is 5.75 Å². The normalized spacial score (nSPS) is 16.2. The van der Waals surface area contributed by atoms with Crippen molar-refractivity contribution < 1.29 is 9.47 Å². The number of para-hydroxylation sites is 1. The summed E-state index contributed by atoms with van der Waals surface area (Å²) in [7, 11) is 0. The summed E-state index contributed by atoms with van der Waals surface area (Å²) in [5.74, 6) is 0.834. The maximum absolute atomic E-state index is 5.60. The SMILES string of the molecule is S=C(CCCCN1CCOCC1)Oc1ccccc1. The van der Waals surface area contributed by atoms with Crippen molar-refractivity contribution >= 4 is 17.3 Å². The van der Waals surface area contributed by atoms with E-state index >= 15 is 0 Å². The monoisotopic (exact) mass is 279 g/mol. The number of benzene rings is 1. The fourth-order valence-electron chi connectivity index (χ4n) is 2.10. The van der Waals surface area contributed by atoms with Crippen LogP contribution in [0.4, 0.5) is 0 Å². The molecule has 1 heterocycles. The lowest BCUT2D eigenvalue weighted by molar-refractivity contribution is 0.0372. The van der Waals surface area contributed by atoms with Gasteiger partial charge in [-0.05, 0) is 43.7 Å². The minimum Gasteiger partial charge on any atom is -0.450 e. The summed E-state index contributed by atoms with van der Waals surface area (Å²) in [6.45, 7) is 5.00. The van der Waals surface area contributed by atoms with E-state index < -0.39 is 0 Å². The van der Waals surface area contributed by atoms with E-state index in [-0.39, 0.29) is 0 Å². The molecule has 0 unspecified atom stereocenters. The van der Waals surface area contributed by atoms with Crippen molar-refractivity contribution in [3.05, 3.63) is 30.3 Å². The molecule has 3 nitrogen and oxygen atoms in total. The maximum atomic E-state index is 5.60. The molecule has 0 atom stereocenters. The van der Waals surface area contributed by atoms with Gasteiger partial charge in [0.2, 0.25) is 0 Å². The Bertz CT molecular complexity index is 377. The van der Waals surface area contributed by atoms with Gasteiger partial charge >= 0.3 is 0 Å². The lowest BCUT2D eigenvalue weighted by Crippen LogP contribution is -2.36. The molecular weight excluding hydrogens is 258 g/mol. The van der Waals surface area contributed by atoms with E-state index in [9.17, 15) is 0 Å². The van der Waals surface area contributed by atoms with Crippen molar-refractivity contribution in [3.8, 4) is 5.75 Å². The Kier molecular flexibility index (Phi) is 6.27. The molecule has 0 aliphatic carbocycles. The second kappa shape index (κ2) is 8.25. The Morgan fingerprint density at radius 3 is 2.63 bits per heavy atom. The second-order valence-corrected chi connectivity index (χ2v) is 5.15. The van der Waals surface area contributed by atoms with Crippen LogP contribution in [0.5, 0.6) is 5.75 Å². The molecule has 1 aliphatic heterocycles. The molecule has 0 aromatic heterocycles. The number of hydrogen-bond acceptors (Lipinski definition) is 4. The third-order valence-electron chi connectivity index (χ3n) is 3.18. The van der Waals surface area contributed by atoms with Crippen molar-refractivity contribution in [2.45, 2.75) is 19.3 Å². The number of thiocarbonyl (C=S) groups is 1. The van der Waals surface area contributed by atoms with Crippen LogP contribution in [0.25, 0.3) is 0 Å². The largest absolute Gasteiger partial charge is 0.450 e. The van der Waals surface area contributed by atoms with Crippen molar-refractivity contribution in [2.24, 2.45) is 0 Å². The van der Waals surface area contributed by atoms with Crippen LogP contribution >= 0.6 is 12.2 Å². The first-order valence-corrected chi connectivity index (χ1v) is 7.31. The van der Waals surface area contributed by atoms with Gasteiger partial charge in [-0.25, -0.2) is 0 Å². The first-order chi connectivity index (χ1) is 9.34. The number of hydrogen-bond donors (Lipinski definition) is 0. The molecule has 1 aromatic carbocycles. The fraction of sp³-hybridized carbons (Fsp3) is 0.533. The van der Waals surface area contributed by atoms with Gasteiger partial charge < -0.3 is 9.47 Å². The van der Waals surface area contributed by atoms with Gasteiger partial charge in [0.05, 0.1) is 13.2 Å². The van der Waals surface area contributed by atoms with Gasteiger partial charge in [0.25, 0.3) is 0 Å². The highest BCUT2D eigenvalue weighted by atomic mass is 32.1. The third-order valence-corrected chi connectivity index (χ3v) is 3.47. The average Bonchev–Trinajstić information content (AvgIpc) is 2.46. The van der Waals surface area contributed by atoms with E-state index in [4.69, 9.17) is 21.7 Å². The Labute approximate surface area is 120 Å². The Morgan fingerprint density at radius 2 is 1.89 bits per heavy atom. The molecule has 0 N–H and O–H groups in total. The molecule has 19 heavy (non-hydrogen) atoms. The van der Waals surface area contributed by atoms with Crippen molar-refractivity contribution in [1.29, 1.82) is 0 Å². The lowest BCUT2D eigenvalue weighted by atomic mass is 10.2. The van der Waals surface area contributed by atoms with Gasteiger partial charge in [-0.15, -0.1) is 0 Å². The highest BCUT2D eigenvalue weighted by molar-refractivity contribution is 7.80. The predicted octanol–water partition coefficient (Wildman–Crippen LogP) is 2.90. The van der Waals surface area contributed by atoms with Gasteiger partial charge in [0, 0.05) is 19.5 Å². The zero-order valence-electron chi connectivity index (χ0n) is 11.2. The number of ether oxygens (including phenoxy) is 2. The Morgan fingerprint density at radius 1 is 1.16 bits per heavy atom. The topological polar surface area (TPSA) is 21.7 Å². The molecule has 0 radical (unpaired) electrons. The van der Waals surface area contributed by atoms with Crippen LogP contribution in [0.15, 0.2) is 30.3 Å². The summed E-state index contributed by atoms with van der Waals surface area (Å²) < 4.78 is 10.9. The van der Waals surface area contributed by atoms with E-state index in [1.807, 2.05) is 30.3 Å². The smallest absolute Gasteiger partial charge is 0.167 e. The summed E-state index contributed by atoms with van der Waals surface area (Å²) in [5, 5.41) is 0.688. The van der Waals surface area contributed by atoms with Crippen molar-refractivity contribution in [3.63, 3.8) is 0 Å². The third kappa shape index (κ3) is 5.68. The first kappa shape index (κ1) is 14.4. The summed E-state index contributed by atoms with van der Waals surface area (Å²) in [4.78, 5) is 2.45. The minimum atomic E-state index is 0.688. The van der Waals surface area contributed by atoms with Crippen LogP contribution in [-0.2, 0) is 4.74 Å².